The maximum atomic E-state index is 15.6. The molecule has 13 heteroatoms. The fraction of sp³-hybridized carbons (Fsp3) is 0.341. The van der Waals surface area contributed by atoms with Crippen LogP contribution in [0.25, 0.3) is 11.2 Å². The fourth-order valence-corrected chi connectivity index (χ4v) is 6.61. The van der Waals surface area contributed by atoms with E-state index in [0.29, 0.717) is 17.7 Å². The lowest BCUT2D eigenvalue weighted by molar-refractivity contribution is -0.155. The molecule has 12 nitrogen and oxygen atoms in total. The highest BCUT2D eigenvalue weighted by Gasteiger charge is 2.48. The average molecular weight is 735 g/mol. The van der Waals surface area contributed by atoms with Gasteiger partial charge in [-0.15, -0.1) is 6.42 Å². The number of terminal acetylenes is 1. The van der Waals surface area contributed by atoms with E-state index in [1.54, 1.807) is 32.4 Å². The molecule has 1 amide bonds. The number of carbonyl (C=O) groups is 2. The highest BCUT2D eigenvalue weighted by Crippen LogP contribution is 2.44. The first-order valence-corrected chi connectivity index (χ1v) is 17.5. The first kappa shape index (κ1) is 37.7. The second-order valence-electron chi connectivity index (χ2n) is 14.2. The lowest BCUT2D eigenvalue weighted by atomic mass is 9.77. The number of esters is 1. The molecular formula is C41H43FN6O6. The van der Waals surface area contributed by atoms with E-state index in [9.17, 15) is 9.59 Å². The minimum Gasteiger partial charge on any atom is -0.497 e. The van der Waals surface area contributed by atoms with Crippen molar-refractivity contribution in [2.45, 2.75) is 70.1 Å². The molecule has 3 aromatic carbocycles. The van der Waals surface area contributed by atoms with Gasteiger partial charge in [0.1, 0.15) is 35.8 Å². The summed E-state index contributed by atoms with van der Waals surface area (Å²) in [6, 6.07) is 26.2. The van der Waals surface area contributed by atoms with Crippen LogP contribution in [0.3, 0.4) is 0 Å². The van der Waals surface area contributed by atoms with Gasteiger partial charge < -0.3 is 29.6 Å². The molecule has 2 aromatic heterocycles. The molecule has 2 N–H and O–H groups in total. The van der Waals surface area contributed by atoms with Gasteiger partial charge in [0, 0.05) is 5.92 Å². The maximum absolute atomic E-state index is 15.6. The molecule has 1 saturated heterocycles. The normalized spacial score (nSPS) is 19.1. The molecule has 0 bridgehead atoms. The van der Waals surface area contributed by atoms with E-state index in [-0.39, 0.29) is 24.0 Å². The second kappa shape index (κ2) is 15.2. The third-order valence-corrected chi connectivity index (χ3v) is 9.40. The number of halogens is 1. The first-order chi connectivity index (χ1) is 25.8. The van der Waals surface area contributed by atoms with Gasteiger partial charge in [-0.3, -0.25) is 4.57 Å². The quantitative estimate of drug-likeness (QED) is 0.0648. The number of benzene rings is 3. The number of hydrogen-bond donors (Lipinski definition) is 2. The molecule has 4 atom stereocenters. The van der Waals surface area contributed by atoms with Gasteiger partial charge in [0.05, 0.1) is 13.4 Å². The molecule has 1 aliphatic heterocycles. The molecule has 0 radical (unpaired) electrons. The Hall–Kier alpha value is -6.00. The van der Waals surface area contributed by atoms with Crippen molar-refractivity contribution in [1.82, 2.24) is 24.8 Å². The summed E-state index contributed by atoms with van der Waals surface area (Å²) < 4.78 is 39.9. The van der Waals surface area contributed by atoms with Crippen LogP contribution in [-0.4, -0.2) is 62.5 Å². The summed E-state index contributed by atoms with van der Waals surface area (Å²) in [6.45, 7) is 8.21. The Labute approximate surface area is 313 Å². The van der Waals surface area contributed by atoms with E-state index in [4.69, 9.17) is 25.4 Å². The van der Waals surface area contributed by atoms with Gasteiger partial charge in [0.25, 0.3) is 0 Å². The van der Waals surface area contributed by atoms with E-state index in [2.05, 4.69) is 31.5 Å². The van der Waals surface area contributed by atoms with Crippen LogP contribution >= 0.6 is 0 Å². The van der Waals surface area contributed by atoms with Gasteiger partial charge in [-0.1, -0.05) is 85.6 Å². The molecule has 280 valence electrons. The summed E-state index contributed by atoms with van der Waals surface area (Å²) in [4.78, 5) is 38.1. The van der Waals surface area contributed by atoms with Gasteiger partial charge in [-0.25, -0.2) is 14.6 Å². The summed E-state index contributed by atoms with van der Waals surface area (Å²) in [7, 11) is 1.60. The van der Waals surface area contributed by atoms with Crippen molar-refractivity contribution in [1.29, 1.82) is 0 Å². The number of alkyl carbamates (subject to hydrolysis) is 1. The number of hydrogen-bond acceptors (Lipinski definition) is 10. The van der Waals surface area contributed by atoms with Crippen molar-refractivity contribution in [2.75, 3.05) is 19.0 Å². The Bertz CT molecular complexity index is 2110. The van der Waals surface area contributed by atoms with Crippen molar-refractivity contribution in [3.63, 3.8) is 0 Å². The summed E-state index contributed by atoms with van der Waals surface area (Å²) >= 11 is 0. The van der Waals surface area contributed by atoms with Crippen LogP contribution in [0.1, 0.15) is 64.0 Å². The van der Waals surface area contributed by atoms with Crippen molar-refractivity contribution in [2.24, 2.45) is 5.92 Å². The molecule has 0 unspecified atom stereocenters. The molecule has 0 aliphatic carbocycles. The number of anilines is 1. The SMILES string of the molecule is C#C[C@]1(COC(=O)[C@H](C)NC(=O)OC(C)(C)C)O[C@@H](n2cnc3c(NC(c4ccccc4)(c4ccccc4)c4ccc(OC)cc4)nc(F)nc32)C[C@@H]1C. The van der Waals surface area contributed by atoms with Crippen molar-refractivity contribution in [3.05, 3.63) is 114 Å². The predicted molar refractivity (Wildman–Crippen MR) is 200 cm³/mol. The third kappa shape index (κ3) is 7.56. The first-order valence-electron chi connectivity index (χ1n) is 17.5. The number of amides is 1. The minimum atomic E-state index is -1.33. The molecule has 0 spiro atoms. The monoisotopic (exact) mass is 734 g/mol. The smallest absolute Gasteiger partial charge is 0.408 e. The van der Waals surface area contributed by atoms with E-state index in [1.807, 2.05) is 91.9 Å². The average Bonchev–Trinajstić information content (AvgIpc) is 3.73. The van der Waals surface area contributed by atoms with Gasteiger partial charge in [0.15, 0.2) is 22.6 Å². The summed E-state index contributed by atoms with van der Waals surface area (Å²) in [5, 5.41) is 6.06. The minimum absolute atomic E-state index is 0.148. The molecule has 1 aliphatic rings. The van der Waals surface area contributed by atoms with Crippen LogP contribution in [0.2, 0.25) is 0 Å². The molecule has 1 fully saturated rings. The van der Waals surface area contributed by atoms with Crippen LogP contribution < -0.4 is 15.4 Å². The molecule has 54 heavy (non-hydrogen) atoms. The zero-order valence-corrected chi connectivity index (χ0v) is 31.0. The molecule has 0 saturated carbocycles. The number of fused-ring (bicyclic) bond motifs is 1. The van der Waals surface area contributed by atoms with Crippen LogP contribution in [0.15, 0.2) is 91.3 Å². The van der Waals surface area contributed by atoms with E-state index in [1.165, 1.54) is 13.3 Å². The zero-order chi connectivity index (χ0) is 38.7. The van der Waals surface area contributed by atoms with Crippen molar-refractivity contribution < 1.29 is 32.9 Å². The predicted octanol–water partition coefficient (Wildman–Crippen LogP) is 6.76. The summed E-state index contributed by atoms with van der Waals surface area (Å²) in [5.74, 6) is 2.48. The van der Waals surface area contributed by atoms with Gasteiger partial charge >= 0.3 is 18.1 Å². The lowest BCUT2D eigenvalue weighted by Gasteiger charge is -2.37. The number of methoxy groups -OCH3 is 1. The largest absolute Gasteiger partial charge is 0.497 e. The highest BCUT2D eigenvalue weighted by molar-refractivity contribution is 5.84. The molecular weight excluding hydrogens is 691 g/mol. The molecule has 6 rings (SSSR count). The third-order valence-electron chi connectivity index (χ3n) is 9.40. The number of nitrogens with one attached hydrogen (secondary N) is 2. The Kier molecular flexibility index (Phi) is 10.6. The number of ether oxygens (including phenoxy) is 4. The molecule has 3 heterocycles. The van der Waals surface area contributed by atoms with Crippen LogP contribution in [-0.2, 0) is 24.5 Å². The standard InChI is InChI=1S/C41H43FN6O6/c1-8-40(24-52-36(49)27(3)44-38(50)54-39(4,5)6)26(2)23-32(53-40)48-25-43-33-34(45-37(42)46-35(33)48)47-41(28-15-11-9-12-16-28,29-17-13-10-14-18-29)30-19-21-31(51-7)22-20-30/h1,9-22,25-27,32H,23-24H2,2-7H3,(H,44,50)(H,45,46,47)/t26-,27-,32+,40+/m0/s1. The van der Waals surface area contributed by atoms with Crippen molar-refractivity contribution >= 4 is 29.0 Å². The number of carbonyl (C=O) groups excluding carboxylic acids is 2. The Morgan fingerprint density at radius 2 is 1.63 bits per heavy atom. The fourth-order valence-electron chi connectivity index (χ4n) is 6.61. The Balaban J connectivity index is 1.33. The zero-order valence-electron chi connectivity index (χ0n) is 31.0. The summed E-state index contributed by atoms with van der Waals surface area (Å²) in [6.07, 6.45) is 5.42. The van der Waals surface area contributed by atoms with Crippen LogP contribution in [0.4, 0.5) is 15.0 Å². The molecule has 5 aromatic rings. The van der Waals surface area contributed by atoms with Crippen LogP contribution in [0, 0.1) is 24.3 Å². The van der Waals surface area contributed by atoms with Crippen molar-refractivity contribution in [3.8, 4) is 18.1 Å². The lowest BCUT2D eigenvalue weighted by Crippen LogP contribution is -2.45. The Morgan fingerprint density at radius 1 is 1.02 bits per heavy atom. The number of aromatic nitrogens is 4. The maximum Gasteiger partial charge on any atom is 0.408 e. The topological polar surface area (TPSA) is 139 Å². The highest BCUT2D eigenvalue weighted by atomic mass is 19.1. The number of nitrogens with zero attached hydrogens (tertiary/aromatic N) is 4. The van der Waals surface area contributed by atoms with E-state index < -0.39 is 47.2 Å². The Morgan fingerprint density at radius 3 is 2.20 bits per heavy atom. The number of imidazole rings is 1. The van der Waals surface area contributed by atoms with Gasteiger partial charge in [-0.2, -0.15) is 14.4 Å². The van der Waals surface area contributed by atoms with E-state index >= 15 is 4.39 Å². The van der Waals surface area contributed by atoms with Crippen LogP contribution in [0.5, 0.6) is 5.75 Å². The van der Waals surface area contributed by atoms with Gasteiger partial charge in [-0.05, 0) is 62.9 Å². The number of rotatable bonds is 11. The second-order valence-corrected chi connectivity index (χ2v) is 14.2. The van der Waals surface area contributed by atoms with E-state index in [0.717, 1.165) is 16.7 Å². The van der Waals surface area contributed by atoms with Gasteiger partial charge in [0.2, 0.25) is 0 Å². The summed E-state index contributed by atoms with van der Waals surface area (Å²) in [5.41, 5.74) is -0.105.